The van der Waals surface area contributed by atoms with Gasteiger partial charge in [0.1, 0.15) is 5.75 Å². The van der Waals surface area contributed by atoms with Crippen molar-refractivity contribution in [2.45, 2.75) is 12.8 Å². The Morgan fingerprint density at radius 3 is 2.35 bits per heavy atom. The van der Waals surface area contributed by atoms with E-state index >= 15 is 0 Å². The van der Waals surface area contributed by atoms with Crippen molar-refractivity contribution in [1.82, 2.24) is 0 Å². The fraction of sp³-hybridized carbons (Fsp3) is 0.333. The van der Waals surface area contributed by atoms with Crippen LogP contribution in [0.15, 0.2) is 36.4 Å². The minimum atomic E-state index is 0.962. The van der Waals surface area contributed by atoms with Crippen LogP contribution in [0.5, 0.6) is 5.75 Å². The molecule has 0 aromatic heterocycles. The Morgan fingerprint density at radius 2 is 1.65 bits per heavy atom. The summed E-state index contributed by atoms with van der Waals surface area (Å²) in [5.74, 6) is 0.962. The summed E-state index contributed by atoms with van der Waals surface area (Å²) >= 11 is 0. The van der Waals surface area contributed by atoms with Gasteiger partial charge in [-0.05, 0) is 25.0 Å². The van der Waals surface area contributed by atoms with Gasteiger partial charge in [0.05, 0.1) is 7.11 Å². The van der Waals surface area contributed by atoms with E-state index in [4.69, 9.17) is 4.74 Å². The van der Waals surface area contributed by atoms with Crippen LogP contribution in [0.25, 0.3) is 10.8 Å². The van der Waals surface area contributed by atoms with Crippen LogP contribution in [0.4, 0.5) is 5.69 Å². The second-order valence-electron chi connectivity index (χ2n) is 4.53. The molecule has 2 heteroatoms. The van der Waals surface area contributed by atoms with Gasteiger partial charge >= 0.3 is 0 Å². The van der Waals surface area contributed by atoms with Crippen LogP contribution in [0.1, 0.15) is 12.8 Å². The largest absolute Gasteiger partial charge is 0.496 e. The van der Waals surface area contributed by atoms with E-state index in [2.05, 4.69) is 41.3 Å². The molecule has 0 atom stereocenters. The number of hydrogen-bond acceptors (Lipinski definition) is 2. The van der Waals surface area contributed by atoms with Crippen LogP contribution in [0.3, 0.4) is 0 Å². The van der Waals surface area contributed by atoms with E-state index in [0.29, 0.717) is 0 Å². The highest BCUT2D eigenvalue weighted by Crippen LogP contribution is 2.34. The first-order valence-corrected chi connectivity index (χ1v) is 6.21. The van der Waals surface area contributed by atoms with Crippen molar-refractivity contribution in [3.8, 4) is 5.75 Å². The molecule has 0 spiro atoms. The first-order valence-electron chi connectivity index (χ1n) is 6.21. The zero-order valence-electron chi connectivity index (χ0n) is 10.1. The average Bonchev–Trinajstić information content (AvgIpc) is 2.91. The molecule has 88 valence electrons. The van der Waals surface area contributed by atoms with Crippen molar-refractivity contribution in [3.63, 3.8) is 0 Å². The predicted molar refractivity (Wildman–Crippen MR) is 71.9 cm³/mol. The topological polar surface area (TPSA) is 12.5 Å². The second kappa shape index (κ2) is 4.28. The highest BCUT2D eigenvalue weighted by atomic mass is 16.5. The van der Waals surface area contributed by atoms with Crippen molar-refractivity contribution in [2.75, 3.05) is 25.1 Å². The third kappa shape index (κ3) is 1.74. The van der Waals surface area contributed by atoms with Crippen LogP contribution >= 0.6 is 0 Å². The van der Waals surface area contributed by atoms with Gasteiger partial charge in [0, 0.05) is 29.5 Å². The van der Waals surface area contributed by atoms with E-state index in [1.165, 1.54) is 42.4 Å². The second-order valence-corrected chi connectivity index (χ2v) is 4.53. The number of benzene rings is 2. The Kier molecular flexibility index (Phi) is 2.63. The number of rotatable bonds is 2. The number of nitrogens with zero attached hydrogens (tertiary/aromatic N) is 1. The molecule has 1 heterocycles. The lowest BCUT2D eigenvalue weighted by atomic mass is 10.1. The summed E-state index contributed by atoms with van der Waals surface area (Å²) < 4.78 is 5.43. The predicted octanol–water partition coefficient (Wildman–Crippen LogP) is 3.45. The summed E-state index contributed by atoms with van der Waals surface area (Å²) in [6.07, 6.45) is 2.61. The summed E-state index contributed by atoms with van der Waals surface area (Å²) in [5, 5.41) is 2.51. The Hall–Kier alpha value is -1.70. The maximum Gasteiger partial charge on any atom is 0.126 e. The van der Waals surface area contributed by atoms with Crippen molar-refractivity contribution in [3.05, 3.63) is 36.4 Å². The summed E-state index contributed by atoms with van der Waals surface area (Å²) in [7, 11) is 1.73. The van der Waals surface area contributed by atoms with E-state index in [1.54, 1.807) is 7.11 Å². The molecule has 1 saturated heterocycles. The zero-order chi connectivity index (χ0) is 11.7. The molecule has 3 rings (SSSR count). The lowest BCUT2D eigenvalue weighted by Crippen LogP contribution is -2.17. The zero-order valence-corrected chi connectivity index (χ0v) is 10.1. The summed E-state index contributed by atoms with van der Waals surface area (Å²) in [6, 6.07) is 12.8. The van der Waals surface area contributed by atoms with E-state index in [-0.39, 0.29) is 0 Å². The molecule has 1 aliphatic rings. The van der Waals surface area contributed by atoms with Gasteiger partial charge in [0.15, 0.2) is 0 Å². The van der Waals surface area contributed by atoms with Crippen LogP contribution in [0.2, 0.25) is 0 Å². The van der Waals surface area contributed by atoms with Crippen LogP contribution in [-0.4, -0.2) is 20.2 Å². The number of anilines is 1. The van der Waals surface area contributed by atoms with Gasteiger partial charge in [0.2, 0.25) is 0 Å². The van der Waals surface area contributed by atoms with E-state index in [0.717, 1.165) is 5.75 Å². The van der Waals surface area contributed by atoms with Crippen LogP contribution in [-0.2, 0) is 0 Å². The molecule has 2 aromatic carbocycles. The van der Waals surface area contributed by atoms with E-state index < -0.39 is 0 Å². The molecule has 0 aliphatic carbocycles. The van der Waals surface area contributed by atoms with Gasteiger partial charge in [-0.15, -0.1) is 0 Å². The fourth-order valence-electron chi connectivity index (χ4n) is 2.67. The minimum absolute atomic E-state index is 0.962. The maximum atomic E-state index is 5.43. The maximum absolute atomic E-state index is 5.43. The van der Waals surface area contributed by atoms with Crippen LogP contribution in [0, 0.1) is 0 Å². The molecule has 1 aliphatic heterocycles. The van der Waals surface area contributed by atoms with Crippen molar-refractivity contribution in [1.29, 1.82) is 0 Å². The third-order valence-corrected chi connectivity index (χ3v) is 3.53. The lowest BCUT2D eigenvalue weighted by Gasteiger charge is -2.20. The van der Waals surface area contributed by atoms with Gasteiger partial charge in [-0.25, -0.2) is 0 Å². The third-order valence-electron chi connectivity index (χ3n) is 3.53. The monoisotopic (exact) mass is 227 g/mol. The van der Waals surface area contributed by atoms with Crippen molar-refractivity contribution in [2.24, 2.45) is 0 Å². The molecule has 1 fully saturated rings. The molecule has 0 saturated carbocycles. The number of methoxy groups -OCH3 is 1. The molecule has 2 aromatic rings. The average molecular weight is 227 g/mol. The molecular weight excluding hydrogens is 210 g/mol. The first-order chi connectivity index (χ1) is 8.40. The molecular formula is C15H17NO. The minimum Gasteiger partial charge on any atom is -0.496 e. The Labute approximate surface area is 102 Å². The molecule has 0 amide bonds. The van der Waals surface area contributed by atoms with Gasteiger partial charge in [-0.3, -0.25) is 0 Å². The molecule has 0 unspecified atom stereocenters. The van der Waals surface area contributed by atoms with E-state index in [1.807, 2.05) is 0 Å². The normalized spacial score (nSPS) is 15.5. The van der Waals surface area contributed by atoms with E-state index in [9.17, 15) is 0 Å². The smallest absolute Gasteiger partial charge is 0.126 e. The Bertz CT molecular complexity index is 529. The van der Waals surface area contributed by atoms with Gasteiger partial charge < -0.3 is 9.64 Å². The molecule has 0 bridgehead atoms. The molecule has 0 N–H and O–H groups in total. The SMILES string of the molecule is COc1ccc(N2CCCC2)c2ccccc12. The Balaban J connectivity index is 2.19. The lowest BCUT2D eigenvalue weighted by molar-refractivity contribution is 0.420. The molecule has 0 radical (unpaired) electrons. The number of ether oxygens (including phenoxy) is 1. The standard InChI is InChI=1S/C15H17NO/c1-17-15-9-8-14(16-10-4-5-11-16)12-6-2-3-7-13(12)15/h2-3,6-9H,4-5,10-11H2,1H3. The van der Waals surface area contributed by atoms with Gasteiger partial charge in [-0.2, -0.15) is 0 Å². The summed E-state index contributed by atoms with van der Waals surface area (Å²) in [4.78, 5) is 2.47. The molecule has 17 heavy (non-hydrogen) atoms. The fourth-order valence-corrected chi connectivity index (χ4v) is 2.67. The summed E-state index contributed by atoms with van der Waals surface area (Å²) in [5.41, 5.74) is 1.35. The molecule has 2 nitrogen and oxygen atoms in total. The van der Waals surface area contributed by atoms with Crippen molar-refractivity contribution >= 4 is 16.5 Å². The number of hydrogen-bond donors (Lipinski definition) is 0. The highest BCUT2D eigenvalue weighted by molar-refractivity contribution is 5.98. The summed E-state index contributed by atoms with van der Waals surface area (Å²) in [6.45, 7) is 2.35. The quantitative estimate of drug-likeness (QED) is 0.779. The first kappa shape index (κ1) is 10.5. The van der Waals surface area contributed by atoms with Gasteiger partial charge in [0.25, 0.3) is 0 Å². The highest BCUT2D eigenvalue weighted by Gasteiger charge is 2.15. The Morgan fingerprint density at radius 1 is 0.941 bits per heavy atom. The van der Waals surface area contributed by atoms with Crippen molar-refractivity contribution < 1.29 is 4.74 Å². The van der Waals surface area contributed by atoms with Crippen LogP contribution < -0.4 is 9.64 Å². The van der Waals surface area contributed by atoms with Gasteiger partial charge in [-0.1, -0.05) is 24.3 Å². The number of fused-ring (bicyclic) bond motifs is 1.